The van der Waals surface area contributed by atoms with Crippen molar-refractivity contribution < 1.29 is 15.0 Å². The molecule has 0 aromatic carbocycles. The van der Waals surface area contributed by atoms with Gasteiger partial charge in [0.05, 0.1) is 8.48 Å². The molecule has 0 aromatic heterocycles. The molecular formula is C4H10ClNO2. The number of rotatable bonds is 1. The molecule has 0 radical (unpaired) electrons. The van der Waals surface area contributed by atoms with Crippen molar-refractivity contribution in [3.63, 3.8) is 0 Å². The van der Waals surface area contributed by atoms with Gasteiger partial charge in [0, 0.05) is 4.11 Å². The summed E-state index contributed by atoms with van der Waals surface area (Å²) in [5, 5.41) is 0. The van der Waals surface area contributed by atoms with Crippen LogP contribution in [0.1, 0.15) is 12.3 Å². The van der Waals surface area contributed by atoms with Gasteiger partial charge >= 0.3 is 5.97 Å². The zero-order chi connectivity index (χ0) is 9.28. The average molecular weight is 144 g/mol. The summed E-state index contributed by atoms with van der Waals surface area (Å²) < 4.78 is 31.0. The number of methoxy groups -OCH3 is 1. The lowest BCUT2D eigenvalue weighted by atomic mass is 10.4. The van der Waals surface area contributed by atoms with E-state index >= 15 is 0 Å². The smallest absolute Gasteiger partial charge is 0.322 e. The van der Waals surface area contributed by atoms with Gasteiger partial charge in [-0.1, -0.05) is 0 Å². The molecule has 0 aliphatic carbocycles. The molecule has 0 heterocycles. The van der Waals surface area contributed by atoms with Crippen molar-refractivity contribution in [1.29, 1.82) is 0 Å². The molecule has 0 fully saturated rings. The van der Waals surface area contributed by atoms with E-state index in [4.69, 9.17) is 11.2 Å². The third-order valence-electron chi connectivity index (χ3n) is 0.405. The Balaban J connectivity index is 0. The molecule has 50 valence electrons. The van der Waals surface area contributed by atoms with Crippen molar-refractivity contribution in [2.24, 2.45) is 5.73 Å². The molecular weight excluding hydrogens is 130 g/mol. The van der Waals surface area contributed by atoms with Gasteiger partial charge in [0.1, 0.15) is 6.02 Å². The van der Waals surface area contributed by atoms with Gasteiger partial charge in [0.2, 0.25) is 0 Å². The minimum Gasteiger partial charge on any atom is -0.468 e. The highest BCUT2D eigenvalue weighted by molar-refractivity contribution is 5.85. The van der Waals surface area contributed by atoms with Gasteiger partial charge in [-0.25, -0.2) is 0 Å². The predicted octanol–water partition coefficient (Wildman–Crippen LogP) is -0.0716. The van der Waals surface area contributed by atoms with E-state index in [0.717, 1.165) is 7.11 Å². The summed E-state index contributed by atoms with van der Waals surface area (Å²) >= 11 is 0. The van der Waals surface area contributed by atoms with Crippen LogP contribution in [0.4, 0.5) is 0 Å². The first kappa shape index (κ1) is 3.69. The highest BCUT2D eigenvalue weighted by Gasteiger charge is 2.03. The lowest BCUT2D eigenvalue weighted by Gasteiger charge is -1.98. The largest absolute Gasteiger partial charge is 0.468 e. The lowest BCUT2D eigenvalue weighted by molar-refractivity contribution is -0.141. The number of nitrogens with two attached hydrogens (primary N) is 1. The topological polar surface area (TPSA) is 52.3 Å². The Morgan fingerprint density at radius 3 is 2.75 bits per heavy atom. The molecule has 0 saturated carbocycles. The number of esters is 1. The second kappa shape index (κ2) is 4.87. The third-order valence-corrected chi connectivity index (χ3v) is 0.405. The van der Waals surface area contributed by atoms with Crippen molar-refractivity contribution in [3.05, 3.63) is 0 Å². The Morgan fingerprint density at radius 1 is 2.12 bits per heavy atom. The van der Waals surface area contributed by atoms with Gasteiger partial charge in [-0.3, -0.25) is 4.79 Å². The number of ether oxygens (including phenoxy) is 1. The predicted molar refractivity (Wildman–Crippen MR) is 32.9 cm³/mol. The summed E-state index contributed by atoms with van der Waals surface area (Å²) in [6, 6.07) is -2.66. The number of carbonyl (C=O) groups is 1. The molecule has 0 saturated heterocycles. The van der Waals surface area contributed by atoms with E-state index in [1.807, 2.05) is 0 Å². The van der Waals surface area contributed by atoms with Crippen molar-refractivity contribution in [1.82, 2.24) is 0 Å². The van der Waals surface area contributed by atoms with Crippen LogP contribution in [0.2, 0.25) is 0 Å². The summed E-state index contributed by atoms with van der Waals surface area (Å²) in [4.78, 5) is 10.6. The van der Waals surface area contributed by atoms with Crippen LogP contribution >= 0.6 is 12.4 Å². The van der Waals surface area contributed by atoms with Crippen LogP contribution in [0, 0.1) is 0 Å². The zero-order valence-electron chi connectivity index (χ0n) is 8.30. The van der Waals surface area contributed by atoms with Crippen LogP contribution in [-0.4, -0.2) is 19.1 Å². The quantitative estimate of drug-likeness (QED) is 0.523. The van der Waals surface area contributed by atoms with Gasteiger partial charge < -0.3 is 10.5 Å². The molecule has 2 N–H and O–H groups in total. The molecule has 0 aromatic rings. The monoisotopic (exact) mass is 143 g/mol. The number of hydrogen-bond donors (Lipinski definition) is 1. The molecule has 0 spiro atoms. The highest BCUT2D eigenvalue weighted by Crippen LogP contribution is 1.76. The third kappa shape index (κ3) is 3.89. The van der Waals surface area contributed by atoms with Crippen molar-refractivity contribution in [3.8, 4) is 0 Å². The van der Waals surface area contributed by atoms with E-state index in [-0.39, 0.29) is 12.4 Å². The van der Waals surface area contributed by atoms with Crippen LogP contribution < -0.4 is 5.73 Å². The second-order valence-electron chi connectivity index (χ2n) is 0.905. The Morgan fingerprint density at radius 2 is 2.62 bits per heavy atom. The van der Waals surface area contributed by atoms with Crippen molar-refractivity contribution in [2.45, 2.75) is 12.9 Å². The minimum absolute atomic E-state index is 0. The first-order chi connectivity index (χ1) is 4.73. The van der Waals surface area contributed by atoms with Crippen LogP contribution in [0.5, 0.6) is 0 Å². The molecule has 0 aliphatic heterocycles. The Hall–Kier alpha value is -0.280. The molecule has 0 rings (SSSR count). The molecule has 1 atom stereocenters. The maximum Gasteiger partial charge on any atom is 0.322 e. The zero-order valence-corrected chi connectivity index (χ0v) is 5.12. The minimum atomic E-state index is -2.86. The standard InChI is InChI=1S/C4H9NO2.ClH/c1-3(5)4(6)7-2;/h3H,5H2,1-2H3;1H/t3-;/m0./s1/i1D3,3D;. The first-order valence-electron chi connectivity index (χ1n) is 3.61. The molecule has 0 unspecified atom stereocenters. The molecule has 4 heteroatoms. The van der Waals surface area contributed by atoms with Gasteiger partial charge in [-0.05, 0) is 6.85 Å². The normalized spacial score (nSPS) is 24.2. The highest BCUT2D eigenvalue weighted by atomic mass is 35.5. The number of carbonyl (C=O) groups excluding carboxylic acids is 1. The Bertz CT molecular complexity index is 169. The molecule has 0 bridgehead atoms. The molecule has 0 amide bonds. The maximum absolute atomic E-state index is 10.6. The van der Waals surface area contributed by atoms with Gasteiger partial charge in [0.15, 0.2) is 0 Å². The van der Waals surface area contributed by atoms with E-state index in [1.165, 1.54) is 0 Å². The van der Waals surface area contributed by atoms with E-state index in [9.17, 15) is 4.79 Å². The Labute approximate surface area is 60.2 Å². The summed E-state index contributed by atoms with van der Waals surface area (Å²) in [6.45, 7) is -2.86. The van der Waals surface area contributed by atoms with Crippen molar-refractivity contribution in [2.75, 3.05) is 7.11 Å². The van der Waals surface area contributed by atoms with E-state index in [0.29, 0.717) is 0 Å². The van der Waals surface area contributed by atoms with Gasteiger partial charge in [0.25, 0.3) is 0 Å². The fourth-order valence-electron chi connectivity index (χ4n) is 0.110. The molecule has 3 nitrogen and oxygen atoms in total. The second-order valence-corrected chi connectivity index (χ2v) is 0.905. The fraction of sp³-hybridized carbons (Fsp3) is 0.750. The summed E-state index contributed by atoms with van der Waals surface area (Å²) in [6.07, 6.45) is 0. The van der Waals surface area contributed by atoms with Gasteiger partial charge in [-0.2, -0.15) is 0 Å². The van der Waals surface area contributed by atoms with Crippen molar-refractivity contribution >= 4 is 18.4 Å². The number of halogens is 1. The fourth-order valence-corrected chi connectivity index (χ4v) is 0.110. The van der Waals surface area contributed by atoms with E-state index in [2.05, 4.69) is 4.74 Å². The van der Waals surface area contributed by atoms with Crippen LogP contribution in [0.15, 0.2) is 0 Å². The van der Waals surface area contributed by atoms with Crippen LogP contribution in [-0.2, 0) is 9.53 Å². The maximum atomic E-state index is 10.6. The van der Waals surface area contributed by atoms with E-state index in [1.54, 1.807) is 0 Å². The van der Waals surface area contributed by atoms with Crippen LogP contribution in [0.25, 0.3) is 0 Å². The SMILES string of the molecule is Cl.[2H]C([2H])([2H])[C@]([2H])(N)C(=O)OC. The van der Waals surface area contributed by atoms with Crippen LogP contribution in [0.3, 0.4) is 0 Å². The molecule has 8 heavy (non-hydrogen) atoms. The first-order valence-corrected chi connectivity index (χ1v) is 1.61. The lowest BCUT2D eigenvalue weighted by Crippen LogP contribution is -2.27. The molecule has 0 aliphatic rings. The number of hydrogen-bond acceptors (Lipinski definition) is 3. The summed E-state index contributed by atoms with van der Waals surface area (Å²) in [7, 11) is 0.976. The van der Waals surface area contributed by atoms with Gasteiger partial charge in [-0.15, -0.1) is 12.4 Å². The average Bonchev–Trinajstić information content (AvgIpc) is 1.83. The van der Waals surface area contributed by atoms with E-state index < -0.39 is 18.8 Å². The summed E-state index contributed by atoms with van der Waals surface area (Å²) in [5.41, 5.74) is 4.88. The summed E-state index contributed by atoms with van der Waals surface area (Å²) in [5.74, 6) is -1.27. The Kier molecular flexibility index (Phi) is 2.25.